The molecule has 4 rings (SSSR count). The summed E-state index contributed by atoms with van der Waals surface area (Å²) < 4.78 is 3.65. The quantitative estimate of drug-likeness (QED) is 0.409. The molecular formula is C14H14N8OS2. The van der Waals surface area contributed by atoms with E-state index in [9.17, 15) is 4.79 Å². The van der Waals surface area contributed by atoms with Gasteiger partial charge in [0.15, 0.2) is 0 Å². The van der Waals surface area contributed by atoms with Crippen molar-refractivity contribution in [2.75, 3.05) is 5.84 Å². The van der Waals surface area contributed by atoms with Crippen molar-refractivity contribution in [1.29, 1.82) is 0 Å². The summed E-state index contributed by atoms with van der Waals surface area (Å²) in [5.74, 6) is 7.52. The van der Waals surface area contributed by atoms with Crippen LogP contribution in [0, 0.1) is 13.8 Å². The molecule has 0 aliphatic rings. The summed E-state index contributed by atoms with van der Waals surface area (Å²) in [5.41, 5.74) is 2.36. The summed E-state index contributed by atoms with van der Waals surface area (Å²) >= 11 is 2.72. The van der Waals surface area contributed by atoms with Gasteiger partial charge in [-0.1, -0.05) is 11.8 Å². The Balaban J connectivity index is 1.59. The number of fused-ring (bicyclic) bond motifs is 1. The first kappa shape index (κ1) is 15.8. The highest BCUT2D eigenvalue weighted by atomic mass is 32.2. The van der Waals surface area contributed by atoms with Crippen LogP contribution in [0.3, 0.4) is 0 Å². The Kier molecular flexibility index (Phi) is 3.81. The first-order valence-corrected chi connectivity index (χ1v) is 9.23. The van der Waals surface area contributed by atoms with Crippen LogP contribution < -0.4 is 11.4 Å². The Hall–Kier alpha value is -2.66. The third-order valence-electron chi connectivity index (χ3n) is 3.55. The molecule has 4 aromatic heterocycles. The third-order valence-corrected chi connectivity index (χ3v) is 5.40. The SMILES string of the molecule is Cc1cc(C)n(-c2nnc(SCc3nc4ccsc4c(=O)[nH]3)n2N)n1. The van der Waals surface area contributed by atoms with E-state index in [0.29, 0.717) is 32.9 Å². The maximum atomic E-state index is 12.0. The van der Waals surface area contributed by atoms with E-state index in [1.165, 1.54) is 27.8 Å². The number of hydrogen-bond acceptors (Lipinski definition) is 8. The standard InChI is InChI=1S/C14H14N8OS2/c1-7-5-8(2)22(20-7)13-18-19-14(21(13)15)25-6-10-16-9-3-4-24-11(9)12(23)17-10/h3-5H,6,15H2,1-2H3,(H,16,17,23). The molecule has 0 aliphatic carbocycles. The average Bonchev–Trinajstić information content (AvgIpc) is 3.25. The number of H-pyrrole nitrogens is 1. The molecule has 128 valence electrons. The van der Waals surface area contributed by atoms with E-state index < -0.39 is 0 Å². The van der Waals surface area contributed by atoms with Gasteiger partial charge in [-0.15, -0.1) is 21.5 Å². The van der Waals surface area contributed by atoms with Gasteiger partial charge >= 0.3 is 0 Å². The molecule has 0 aromatic carbocycles. The summed E-state index contributed by atoms with van der Waals surface area (Å²) in [5, 5.41) is 14.9. The Morgan fingerprint density at radius 1 is 1.36 bits per heavy atom. The van der Waals surface area contributed by atoms with Gasteiger partial charge in [0.2, 0.25) is 5.16 Å². The van der Waals surface area contributed by atoms with E-state index in [0.717, 1.165) is 11.4 Å². The number of nitrogens with one attached hydrogen (secondary N) is 1. The lowest BCUT2D eigenvalue weighted by molar-refractivity contribution is 0.727. The van der Waals surface area contributed by atoms with E-state index in [2.05, 4.69) is 25.3 Å². The van der Waals surface area contributed by atoms with Crippen LogP contribution in [0.1, 0.15) is 17.2 Å². The molecule has 0 spiro atoms. The third kappa shape index (κ3) is 2.81. The van der Waals surface area contributed by atoms with E-state index in [4.69, 9.17) is 5.84 Å². The summed E-state index contributed by atoms with van der Waals surface area (Å²) in [4.78, 5) is 19.2. The first-order chi connectivity index (χ1) is 12.0. The number of hydrogen-bond donors (Lipinski definition) is 2. The lowest BCUT2D eigenvalue weighted by atomic mass is 10.4. The number of aromatic amines is 1. The van der Waals surface area contributed by atoms with Crippen LogP contribution in [0.25, 0.3) is 16.2 Å². The van der Waals surface area contributed by atoms with E-state index in [1.807, 2.05) is 31.4 Å². The number of rotatable bonds is 4. The molecule has 9 nitrogen and oxygen atoms in total. The number of thioether (sulfide) groups is 1. The minimum Gasteiger partial charge on any atom is -0.334 e. The van der Waals surface area contributed by atoms with Gasteiger partial charge in [-0.05, 0) is 31.4 Å². The van der Waals surface area contributed by atoms with Crippen LogP contribution in [0.4, 0.5) is 0 Å². The Morgan fingerprint density at radius 3 is 2.96 bits per heavy atom. The van der Waals surface area contributed by atoms with Crippen LogP contribution in [0.15, 0.2) is 27.5 Å². The Labute approximate surface area is 149 Å². The van der Waals surface area contributed by atoms with Gasteiger partial charge in [0.05, 0.1) is 17.0 Å². The topological polar surface area (TPSA) is 120 Å². The van der Waals surface area contributed by atoms with Gasteiger partial charge < -0.3 is 10.8 Å². The molecule has 0 saturated heterocycles. The molecule has 4 heterocycles. The molecule has 3 N–H and O–H groups in total. The van der Waals surface area contributed by atoms with Gasteiger partial charge in [0.1, 0.15) is 10.5 Å². The van der Waals surface area contributed by atoms with Crippen LogP contribution in [-0.2, 0) is 5.75 Å². The number of aromatic nitrogens is 7. The molecule has 4 aromatic rings. The maximum absolute atomic E-state index is 12.0. The molecule has 0 aliphatic heterocycles. The molecule has 0 saturated carbocycles. The van der Waals surface area contributed by atoms with Crippen molar-refractivity contribution in [2.45, 2.75) is 24.8 Å². The fraction of sp³-hybridized carbons (Fsp3) is 0.214. The van der Waals surface area contributed by atoms with Crippen LogP contribution in [-0.4, -0.2) is 34.6 Å². The molecule has 25 heavy (non-hydrogen) atoms. The predicted octanol–water partition coefficient (Wildman–Crippen LogP) is 1.38. The van der Waals surface area contributed by atoms with Gasteiger partial charge in [0.25, 0.3) is 11.5 Å². The molecule has 0 fully saturated rings. The lowest BCUT2D eigenvalue weighted by Crippen LogP contribution is -2.17. The fourth-order valence-corrected chi connectivity index (χ4v) is 3.91. The summed E-state index contributed by atoms with van der Waals surface area (Å²) in [6.45, 7) is 3.82. The highest BCUT2D eigenvalue weighted by Crippen LogP contribution is 2.21. The van der Waals surface area contributed by atoms with Gasteiger partial charge in [0, 0.05) is 5.69 Å². The molecule has 0 bridgehead atoms. The smallest absolute Gasteiger partial charge is 0.271 e. The minimum atomic E-state index is -0.131. The van der Waals surface area contributed by atoms with Crippen molar-refractivity contribution in [3.05, 3.63) is 45.1 Å². The Bertz CT molecular complexity index is 1120. The second-order valence-corrected chi connectivity index (χ2v) is 7.29. The van der Waals surface area contributed by atoms with Gasteiger partial charge in [-0.25, -0.2) is 14.3 Å². The first-order valence-electron chi connectivity index (χ1n) is 7.36. The zero-order valence-electron chi connectivity index (χ0n) is 13.4. The van der Waals surface area contributed by atoms with Crippen molar-refractivity contribution in [1.82, 2.24) is 34.6 Å². The average molecular weight is 374 g/mol. The number of nitrogens with two attached hydrogens (primary N) is 1. The molecule has 0 radical (unpaired) electrons. The van der Waals surface area contributed by atoms with Crippen LogP contribution >= 0.6 is 23.1 Å². The van der Waals surface area contributed by atoms with E-state index in [1.54, 1.807) is 4.68 Å². The predicted molar refractivity (Wildman–Crippen MR) is 96.6 cm³/mol. The van der Waals surface area contributed by atoms with Crippen molar-refractivity contribution in [3.63, 3.8) is 0 Å². The fourth-order valence-electron chi connectivity index (χ4n) is 2.47. The summed E-state index contributed by atoms with van der Waals surface area (Å²) in [6.07, 6.45) is 0. The second kappa shape index (κ2) is 6.01. The minimum absolute atomic E-state index is 0.131. The van der Waals surface area contributed by atoms with Crippen LogP contribution in [0.2, 0.25) is 0 Å². The number of aryl methyl sites for hydroxylation is 2. The van der Waals surface area contributed by atoms with E-state index >= 15 is 0 Å². The molecule has 0 atom stereocenters. The highest BCUT2D eigenvalue weighted by molar-refractivity contribution is 7.98. The highest BCUT2D eigenvalue weighted by Gasteiger charge is 2.15. The monoisotopic (exact) mass is 374 g/mol. The number of nitrogens with zero attached hydrogens (tertiary/aromatic N) is 6. The second-order valence-electron chi connectivity index (χ2n) is 5.43. The summed E-state index contributed by atoms with van der Waals surface area (Å²) in [6, 6.07) is 3.77. The van der Waals surface area contributed by atoms with Gasteiger partial charge in [-0.3, -0.25) is 4.79 Å². The molecule has 11 heteroatoms. The normalized spacial score (nSPS) is 11.4. The maximum Gasteiger partial charge on any atom is 0.271 e. The lowest BCUT2D eigenvalue weighted by Gasteiger charge is -2.04. The van der Waals surface area contributed by atoms with Crippen molar-refractivity contribution < 1.29 is 0 Å². The number of nitrogen functional groups attached to an aromatic ring is 1. The zero-order chi connectivity index (χ0) is 17.6. The van der Waals surface area contributed by atoms with Crippen molar-refractivity contribution in [2.24, 2.45) is 0 Å². The van der Waals surface area contributed by atoms with Crippen LogP contribution in [0.5, 0.6) is 0 Å². The number of thiophene rings is 1. The molecular weight excluding hydrogens is 360 g/mol. The molecule has 0 unspecified atom stereocenters. The van der Waals surface area contributed by atoms with E-state index in [-0.39, 0.29) is 5.56 Å². The largest absolute Gasteiger partial charge is 0.334 e. The summed E-state index contributed by atoms with van der Waals surface area (Å²) in [7, 11) is 0. The van der Waals surface area contributed by atoms with Crippen molar-refractivity contribution >= 4 is 33.3 Å². The van der Waals surface area contributed by atoms with Crippen molar-refractivity contribution in [3.8, 4) is 5.95 Å². The Morgan fingerprint density at radius 2 is 2.20 bits per heavy atom. The molecule has 0 amide bonds. The van der Waals surface area contributed by atoms with Gasteiger partial charge in [-0.2, -0.15) is 5.10 Å². The zero-order valence-corrected chi connectivity index (χ0v) is 15.1.